The van der Waals surface area contributed by atoms with Crippen LogP contribution in [0.5, 0.6) is 5.75 Å². The molecule has 1 aromatic rings. The minimum Gasteiger partial charge on any atom is -0.497 e. The summed E-state index contributed by atoms with van der Waals surface area (Å²) in [5, 5.41) is 3.54. The maximum absolute atomic E-state index is 5.25. The molecular formula is C14H21BrN2O. The number of likely N-dealkylation sites (N-methyl/N-ethyl adjacent to an activating group) is 1. The molecule has 1 unspecified atom stereocenters. The molecule has 1 heterocycles. The van der Waals surface area contributed by atoms with Gasteiger partial charge in [0.15, 0.2) is 0 Å². The maximum atomic E-state index is 5.25. The minimum absolute atomic E-state index is 0.689. The van der Waals surface area contributed by atoms with Crippen molar-refractivity contribution in [3.05, 3.63) is 28.2 Å². The molecule has 1 atom stereocenters. The van der Waals surface area contributed by atoms with Crippen LogP contribution in [-0.2, 0) is 6.54 Å². The first-order valence-corrected chi connectivity index (χ1v) is 7.23. The second-order valence-corrected chi connectivity index (χ2v) is 5.72. The van der Waals surface area contributed by atoms with Crippen molar-refractivity contribution in [2.45, 2.75) is 25.4 Å². The number of likely N-dealkylation sites (tertiary alicyclic amines) is 1. The summed E-state index contributed by atoms with van der Waals surface area (Å²) in [4.78, 5) is 2.44. The fraction of sp³-hybridized carbons (Fsp3) is 0.571. The van der Waals surface area contributed by atoms with Crippen molar-refractivity contribution in [1.29, 1.82) is 0 Å². The number of halogens is 1. The van der Waals surface area contributed by atoms with Gasteiger partial charge in [-0.15, -0.1) is 0 Å². The Bertz CT molecular complexity index is 397. The molecule has 1 fully saturated rings. The normalized spacial score (nSPS) is 20.3. The molecule has 1 aliphatic rings. The number of methoxy groups -OCH3 is 1. The second kappa shape index (κ2) is 6.55. The van der Waals surface area contributed by atoms with Crippen molar-refractivity contribution in [3.63, 3.8) is 0 Å². The Balaban J connectivity index is 1.86. The van der Waals surface area contributed by atoms with Gasteiger partial charge in [0.1, 0.15) is 5.75 Å². The Kier molecular flexibility index (Phi) is 5.03. The molecule has 1 N–H and O–H groups in total. The zero-order valence-electron chi connectivity index (χ0n) is 11.1. The van der Waals surface area contributed by atoms with Gasteiger partial charge >= 0.3 is 0 Å². The highest BCUT2D eigenvalue weighted by molar-refractivity contribution is 9.10. The van der Waals surface area contributed by atoms with Crippen LogP contribution in [0.1, 0.15) is 18.4 Å². The predicted molar refractivity (Wildman–Crippen MR) is 78.1 cm³/mol. The SMILES string of the molecule is COc1ccc(Br)c(CNCC2CCCN2C)c1. The summed E-state index contributed by atoms with van der Waals surface area (Å²) in [7, 11) is 3.91. The lowest BCUT2D eigenvalue weighted by molar-refractivity contribution is 0.300. The highest BCUT2D eigenvalue weighted by Crippen LogP contribution is 2.22. The number of benzene rings is 1. The molecule has 0 aromatic heterocycles. The summed E-state index contributed by atoms with van der Waals surface area (Å²) in [5.74, 6) is 0.910. The molecule has 3 nitrogen and oxygen atoms in total. The van der Waals surface area contributed by atoms with Crippen molar-refractivity contribution in [1.82, 2.24) is 10.2 Å². The van der Waals surface area contributed by atoms with E-state index in [4.69, 9.17) is 4.74 Å². The summed E-state index contributed by atoms with van der Waals surface area (Å²) < 4.78 is 6.38. The van der Waals surface area contributed by atoms with Crippen LogP contribution in [0.15, 0.2) is 22.7 Å². The predicted octanol–water partition coefficient (Wildman–Crippen LogP) is 2.64. The second-order valence-electron chi connectivity index (χ2n) is 4.86. The number of nitrogens with zero attached hydrogens (tertiary/aromatic N) is 1. The lowest BCUT2D eigenvalue weighted by Gasteiger charge is -2.20. The van der Waals surface area contributed by atoms with Gasteiger partial charge in [-0.2, -0.15) is 0 Å². The van der Waals surface area contributed by atoms with Crippen molar-refractivity contribution in [2.24, 2.45) is 0 Å². The molecule has 0 saturated carbocycles. The Morgan fingerprint density at radius 1 is 1.50 bits per heavy atom. The molecule has 0 amide bonds. The van der Waals surface area contributed by atoms with E-state index >= 15 is 0 Å². The van der Waals surface area contributed by atoms with Gasteiger partial charge in [-0.3, -0.25) is 0 Å². The zero-order chi connectivity index (χ0) is 13.0. The highest BCUT2D eigenvalue weighted by atomic mass is 79.9. The van der Waals surface area contributed by atoms with Gasteiger partial charge in [0.05, 0.1) is 7.11 Å². The summed E-state index contributed by atoms with van der Waals surface area (Å²) >= 11 is 3.58. The third-order valence-corrected chi connectivity index (χ3v) is 4.39. The largest absolute Gasteiger partial charge is 0.497 e. The number of ether oxygens (including phenoxy) is 1. The van der Waals surface area contributed by atoms with Crippen molar-refractivity contribution in [2.75, 3.05) is 27.2 Å². The molecule has 0 radical (unpaired) electrons. The topological polar surface area (TPSA) is 24.5 Å². The zero-order valence-corrected chi connectivity index (χ0v) is 12.7. The molecule has 18 heavy (non-hydrogen) atoms. The molecule has 100 valence electrons. The first kappa shape index (κ1) is 13.8. The van der Waals surface area contributed by atoms with Gasteiger partial charge in [0, 0.05) is 23.6 Å². The van der Waals surface area contributed by atoms with Crippen LogP contribution >= 0.6 is 15.9 Å². The van der Waals surface area contributed by atoms with Crippen LogP contribution in [0.25, 0.3) is 0 Å². The molecule has 0 spiro atoms. The van der Waals surface area contributed by atoms with E-state index in [2.05, 4.69) is 39.3 Å². The first-order chi connectivity index (χ1) is 8.70. The van der Waals surface area contributed by atoms with Crippen LogP contribution < -0.4 is 10.1 Å². The third kappa shape index (κ3) is 3.46. The van der Waals surface area contributed by atoms with Gasteiger partial charge in [-0.1, -0.05) is 15.9 Å². The van der Waals surface area contributed by atoms with E-state index in [0.29, 0.717) is 6.04 Å². The molecule has 0 aliphatic carbocycles. The summed E-state index contributed by atoms with van der Waals surface area (Å²) in [5.41, 5.74) is 1.25. The molecule has 1 aromatic carbocycles. The van der Waals surface area contributed by atoms with Gasteiger partial charge < -0.3 is 15.0 Å². The Hall–Kier alpha value is -0.580. The lowest BCUT2D eigenvalue weighted by Crippen LogP contribution is -2.35. The lowest BCUT2D eigenvalue weighted by atomic mass is 10.2. The van der Waals surface area contributed by atoms with Gasteiger partial charge in [0.25, 0.3) is 0 Å². The van der Waals surface area contributed by atoms with Crippen molar-refractivity contribution < 1.29 is 4.74 Å². The standard InChI is InChI=1S/C14H21BrN2O/c1-17-7-3-4-12(17)10-16-9-11-8-13(18-2)5-6-14(11)15/h5-6,8,12,16H,3-4,7,9-10H2,1-2H3. The van der Waals surface area contributed by atoms with Gasteiger partial charge in [-0.05, 0) is 50.2 Å². The van der Waals surface area contributed by atoms with Crippen LogP contribution in [0.3, 0.4) is 0 Å². The van der Waals surface area contributed by atoms with E-state index < -0.39 is 0 Å². The third-order valence-electron chi connectivity index (χ3n) is 3.62. The number of hydrogen-bond acceptors (Lipinski definition) is 3. The number of rotatable bonds is 5. The van der Waals surface area contributed by atoms with E-state index in [1.807, 2.05) is 12.1 Å². The van der Waals surface area contributed by atoms with Crippen LogP contribution in [0, 0.1) is 0 Å². The van der Waals surface area contributed by atoms with E-state index in [1.54, 1.807) is 7.11 Å². The molecule has 2 rings (SSSR count). The smallest absolute Gasteiger partial charge is 0.119 e. The van der Waals surface area contributed by atoms with Gasteiger partial charge in [-0.25, -0.2) is 0 Å². The van der Waals surface area contributed by atoms with E-state index in [1.165, 1.54) is 24.9 Å². The quantitative estimate of drug-likeness (QED) is 0.904. The van der Waals surface area contributed by atoms with E-state index in [-0.39, 0.29) is 0 Å². The number of nitrogens with one attached hydrogen (secondary N) is 1. The first-order valence-electron chi connectivity index (χ1n) is 6.44. The monoisotopic (exact) mass is 312 g/mol. The maximum Gasteiger partial charge on any atom is 0.119 e. The van der Waals surface area contributed by atoms with E-state index in [0.717, 1.165) is 23.3 Å². The average molecular weight is 313 g/mol. The molecule has 1 aliphatic heterocycles. The van der Waals surface area contributed by atoms with Crippen molar-refractivity contribution >= 4 is 15.9 Å². The van der Waals surface area contributed by atoms with Crippen molar-refractivity contribution in [3.8, 4) is 5.75 Å². The highest BCUT2D eigenvalue weighted by Gasteiger charge is 2.19. The number of hydrogen-bond donors (Lipinski definition) is 1. The fourth-order valence-corrected chi connectivity index (χ4v) is 2.81. The molecule has 1 saturated heterocycles. The Morgan fingerprint density at radius 2 is 2.33 bits per heavy atom. The van der Waals surface area contributed by atoms with Crippen LogP contribution in [-0.4, -0.2) is 38.2 Å². The summed E-state index contributed by atoms with van der Waals surface area (Å²) in [6.45, 7) is 3.16. The molecular weight excluding hydrogens is 292 g/mol. The summed E-state index contributed by atoms with van der Waals surface area (Å²) in [6, 6.07) is 6.78. The summed E-state index contributed by atoms with van der Waals surface area (Å²) in [6.07, 6.45) is 2.63. The Labute approximate surface area is 118 Å². The molecule has 4 heteroatoms. The minimum atomic E-state index is 0.689. The van der Waals surface area contributed by atoms with Crippen LogP contribution in [0.2, 0.25) is 0 Å². The van der Waals surface area contributed by atoms with Crippen LogP contribution in [0.4, 0.5) is 0 Å². The van der Waals surface area contributed by atoms with E-state index in [9.17, 15) is 0 Å². The average Bonchev–Trinajstić information content (AvgIpc) is 2.77. The Morgan fingerprint density at radius 3 is 3.00 bits per heavy atom. The molecule has 0 bridgehead atoms. The fourth-order valence-electron chi connectivity index (χ4n) is 2.42. The van der Waals surface area contributed by atoms with Gasteiger partial charge in [0.2, 0.25) is 0 Å².